The van der Waals surface area contributed by atoms with Gasteiger partial charge in [-0.3, -0.25) is 4.79 Å². The van der Waals surface area contributed by atoms with Crippen molar-refractivity contribution >= 4 is 10.8 Å². The highest BCUT2D eigenvalue weighted by Crippen LogP contribution is 2.12. The molecule has 3 rings (SSSR count). The summed E-state index contributed by atoms with van der Waals surface area (Å²) in [7, 11) is 0. The van der Waals surface area contributed by atoms with Crippen LogP contribution in [0.2, 0.25) is 0 Å². The number of nitriles is 1. The van der Waals surface area contributed by atoms with Crippen molar-refractivity contribution < 1.29 is 4.39 Å². The summed E-state index contributed by atoms with van der Waals surface area (Å²) in [6, 6.07) is 13.0. The molecule has 102 valence electrons. The summed E-state index contributed by atoms with van der Waals surface area (Å²) < 4.78 is 14.6. The molecule has 0 saturated carbocycles. The minimum Gasteiger partial charge on any atom is -0.267 e. The lowest BCUT2D eigenvalue weighted by Crippen LogP contribution is -2.23. The van der Waals surface area contributed by atoms with Crippen molar-refractivity contribution in [1.29, 1.82) is 5.26 Å². The molecule has 5 heteroatoms. The lowest BCUT2D eigenvalue weighted by Gasteiger charge is -2.07. The van der Waals surface area contributed by atoms with Gasteiger partial charge in [-0.1, -0.05) is 18.2 Å². The van der Waals surface area contributed by atoms with Gasteiger partial charge in [-0.25, -0.2) is 9.07 Å². The first-order valence-electron chi connectivity index (χ1n) is 6.32. The van der Waals surface area contributed by atoms with Gasteiger partial charge >= 0.3 is 0 Å². The van der Waals surface area contributed by atoms with Crippen molar-refractivity contribution in [2.75, 3.05) is 0 Å². The molecule has 1 aromatic heterocycles. The molecule has 0 aliphatic heterocycles. The van der Waals surface area contributed by atoms with Gasteiger partial charge in [0, 0.05) is 5.39 Å². The molecule has 0 bridgehead atoms. The SMILES string of the molecule is N#Cc1ccc(F)cc1Cn1ncc2ccccc2c1=O. The lowest BCUT2D eigenvalue weighted by molar-refractivity contribution is 0.612. The molecule has 0 atom stereocenters. The average Bonchev–Trinajstić information content (AvgIpc) is 2.51. The Kier molecular flexibility index (Phi) is 3.20. The quantitative estimate of drug-likeness (QED) is 0.724. The van der Waals surface area contributed by atoms with Gasteiger partial charge < -0.3 is 0 Å². The molecule has 0 unspecified atom stereocenters. The third-order valence-corrected chi connectivity index (χ3v) is 3.27. The van der Waals surface area contributed by atoms with E-state index in [9.17, 15) is 9.18 Å². The number of benzene rings is 2. The van der Waals surface area contributed by atoms with Gasteiger partial charge in [0.15, 0.2) is 0 Å². The van der Waals surface area contributed by atoms with Crippen LogP contribution >= 0.6 is 0 Å². The summed E-state index contributed by atoms with van der Waals surface area (Å²) in [6.45, 7) is 0.0598. The van der Waals surface area contributed by atoms with Crippen LogP contribution in [0.5, 0.6) is 0 Å². The predicted molar refractivity (Wildman–Crippen MR) is 76.2 cm³/mol. The minimum absolute atomic E-state index is 0.0598. The smallest absolute Gasteiger partial charge is 0.267 e. The van der Waals surface area contributed by atoms with Crippen molar-refractivity contribution in [3.63, 3.8) is 0 Å². The van der Waals surface area contributed by atoms with E-state index in [4.69, 9.17) is 5.26 Å². The highest BCUT2D eigenvalue weighted by Gasteiger charge is 2.08. The van der Waals surface area contributed by atoms with Crippen LogP contribution in [0.25, 0.3) is 10.8 Å². The molecule has 2 aromatic carbocycles. The Labute approximate surface area is 119 Å². The lowest BCUT2D eigenvalue weighted by atomic mass is 10.1. The number of nitrogens with zero attached hydrogens (tertiary/aromatic N) is 3. The fraction of sp³-hybridized carbons (Fsp3) is 0.0625. The van der Waals surface area contributed by atoms with E-state index >= 15 is 0 Å². The van der Waals surface area contributed by atoms with Crippen LogP contribution in [0.3, 0.4) is 0 Å². The van der Waals surface area contributed by atoms with Crippen molar-refractivity contribution in [3.8, 4) is 6.07 Å². The van der Waals surface area contributed by atoms with Gasteiger partial charge in [0.05, 0.1) is 29.8 Å². The fourth-order valence-electron chi connectivity index (χ4n) is 2.20. The van der Waals surface area contributed by atoms with Gasteiger partial charge in [-0.2, -0.15) is 10.4 Å². The molecular formula is C16H10FN3O. The molecule has 0 amide bonds. The van der Waals surface area contributed by atoms with Crippen LogP contribution in [0.4, 0.5) is 4.39 Å². The normalized spacial score (nSPS) is 10.5. The topological polar surface area (TPSA) is 58.7 Å². The van der Waals surface area contributed by atoms with Gasteiger partial charge in [0.25, 0.3) is 5.56 Å². The number of halogens is 1. The Bertz CT molecular complexity index is 925. The van der Waals surface area contributed by atoms with E-state index in [2.05, 4.69) is 5.10 Å². The van der Waals surface area contributed by atoms with E-state index in [1.54, 1.807) is 24.4 Å². The van der Waals surface area contributed by atoms with E-state index in [0.717, 1.165) is 5.39 Å². The molecule has 0 N–H and O–H groups in total. The third-order valence-electron chi connectivity index (χ3n) is 3.27. The zero-order chi connectivity index (χ0) is 14.8. The summed E-state index contributed by atoms with van der Waals surface area (Å²) in [4.78, 5) is 12.3. The Morgan fingerprint density at radius 2 is 2.05 bits per heavy atom. The van der Waals surface area contributed by atoms with Crippen molar-refractivity contribution in [1.82, 2.24) is 9.78 Å². The van der Waals surface area contributed by atoms with E-state index in [-0.39, 0.29) is 12.1 Å². The first kappa shape index (κ1) is 13.0. The van der Waals surface area contributed by atoms with E-state index in [1.165, 1.54) is 22.9 Å². The maximum atomic E-state index is 13.3. The average molecular weight is 279 g/mol. The van der Waals surface area contributed by atoms with Crippen molar-refractivity contribution in [2.24, 2.45) is 0 Å². The Morgan fingerprint density at radius 3 is 2.86 bits per heavy atom. The second kappa shape index (κ2) is 5.17. The first-order valence-corrected chi connectivity index (χ1v) is 6.32. The summed E-state index contributed by atoms with van der Waals surface area (Å²) in [6.07, 6.45) is 1.59. The molecule has 1 heterocycles. The number of aromatic nitrogens is 2. The standard InChI is InChI=1S/C16H10FN3O/c17-14-6-5-11(8-18)13(7-14)10-20-16(21)15-4-2-1-3-12(15)9-19-20/h1-7,9H,10H2. The Hall–Kier alpha value is -3.00. The summed E-state index contributed by atoms with van der Waals surface area (Å²) >= 11 is 0. The minimum atomic E-state index is -0.446. The van der Waals surface area contributed by atoms with Crippen LogP contribution in [-0.4, -0.2) is 9.78 Å². The number of hydrogen-bond acceptors (Lipinski definition) is 3. The van der Waals surface area contributed by atoms with Gasteiger partial charge in [-0.05, 0) is 29.8 Å². The van der Waals surface area contributed by atoms with Crippen LogP contribution in [0.15, 0.2) is 53.5 Å². The number of fused-ring (bicyclic) bond motifs is 1. The van der Waals surface area contributed by atoms with E-state index in [1.807, 2.05) is 12.1 Å². The molecule has 21 heavy (non-hydrogen) atoms. The maximum Gasteiger partial charge on any atom is 0.274 e. The third kappa shape index (κ3) is 2.39. The molecule has 0 fully saturated rings. The first-order chi connectivity index (χ1) is 10.2. The molecular weight excluding hydrogens is 269 g/mol. The molecule has 0 saturated heterocycles. The van der Waals surface area contributed by atoms with Gasteiger partial charge in [0.2, 0.25) is 0 Å². The van der Waals surface area contributed by atoms with Crippen LogP contribution < -0.4 is 5.56 Å². The molecule has 3 aromatic rings. The fourth-order valence-corrected chi connectivity index (χ4v) is 2.20. The largest absolute Gasteiger partial charge is 0.274 e. The molecule has 4 nitrogen and oxygen atoms in total. The molecule has 0 aliphatic carbocycles. The van der Waals surface area contributed by atoms with Crippen LogP contribution in [0, 0.1) is 17.1 Å². The van der Waals surface area contributed by atoms with Gasteiger partial charge in [0.1, 0.15) is 5.82 Å². The van der Waals surface area contributed by atoms with Crippen LogP contribution in [0.1, 0.15) is 11.1 Å². The highest BCUT2D eigenvalue weighted by atomic mass is 19.1. The number of rotatable bonds is 2. The second-order valence-corrected chi connectivity index (χ2v) is 4.61. The Morgan fingerprint density at radius 1 is 1.24 bits per heavy atom. The zero-order valence-corrected chi connectivity index (χ0v) is 11.0. The highest BCUT2D eigenvalue weighted by molar-refractivity contribution is 5.80. The monoisotopic (exact) mass is 279 g/mol. The second-order valence-electron chi connectivity index (χ2n) is 4.61. The van der Waals surface area contributed by atoms with Crippen molar-refractivity contribution in [3.05, 3.63) is 76.0 Å². The maximum absolute atomic E-state index is 13.3. The van der Waals surface area contributed by atoms with Gasteiger partial charge in [-0.15, -0.1) is 0 Å². The molecule has 0 spiro atoms. The predicted octanol–water partition coefficient (Wildman–Crippen LogP) is 2.46. The zero-order valence-electron chi connectivity index (χ0n) is 11.0. The van der Waals surface area contributed by atoms with E-state index in [0.29, 0.717) is 16.5 Å². The summed E-state index contributed by atoms with van der Waals surface area (Å²) in [5, 5.41) is 14.4. The van der Waals surface area contributed by atoms with Crippen LogP contribution in [-0.2, 0) is 6.54 Å². The number of hydrogen-bond donors (Lipinski definition) is 0. The summed E-state index contributed by atoms with van der Waals surface area (Å²) in [5.74, 6) is -0.446. The van der Waals surface area contributed by atoms with Crippen molar-refractivity contribution in [2.45, 2.75) is 6.54 Å². The molecule has 0 aliphatic rings. The summed E-state index contributed by atoms with van der Waals surface area (Å²) in [5.41, 5.74) is 0.502. The molecule has 0 radical (unpaired) electrons. The Balaban J connectivity index is 2.11. The van der Waals surface area contributed by atoms with E-state index < -0.39 is 5.82 Å².